The van der Waals surface area contributed by atoms with Crippen molar-refractivity contribution in [2.45, 2.75) is 17.2 Å². The van der Waals surface area contributed by atoms with Gasteiger partial charge < -0.3 is 5.11 Å². The van der Waals surface area contributed by atoms with Crippen LogP contribution in [0.3, 0.4) is 0 Å². The van der Waals surface area contributed by atoms with E-state index in [1.807, 2.05) is 0 Å². The second-order valence-corrected chi connectivity index (χ2v) is 6.93. The molecule has 1 aliphatic heterocycles. The predicted octanol–water partition coefficient (Wildman–Crippen LogP) is 2.28. The van der Waals surface area contributed by atoms with Gasteiger partial charge >= 0.3 is 6.18 Å². The number of halogens is 4. The minimum Gasteiger partial charge on any atom is -0.387 e. The Bertz CT molecular complexity index is 687. The molecule has 1 aliphatic rings. The summed E-state index contributed by atoms with van der Waals surface area (Å²) in [6.07, 6.45) is -5.60. The summed E-state index contributed by atoms with van der Waals surface area (Å²) in [6.45, 7) is 3.23. The fourth-order valence-electron chi connectivity index (χ4n) is 1.93. The molecule has 0 radical (unpaired) electrons. The number of rotatable bonds is 2. The van der Waals surface area contributed by atoms with Crippen LogP contribution in [0.2, 0.25) is 5.02 Å². The lowest BCUT2D eigenvalue weighted by Crippen LogP contribution is -2.30. The van der Waals surface area contributed by atoms with Gasteiger partial charge in [0.05, 0.1) is 16.7 Å². The summed E-state index contributed by atoms with van der Waals surface area (Å²) < 4.78 is 63.2. The molecule has 0 aromatic heterocycles. The number of hydrogen-bond acceptors (Lipinski definition) is 3. The fourth-order valence-corrected chi connectivity index (χ4v) is 3.90. The standard InChI is InChI=1S/C12H11ClF3NO3S/c1-7-5-17(6-10(7)18)21(19,20)11-3-2-8(4-9(11)13)12(14,15)16/h2-4,10,18H,1,5-6H2/t10-/m1/s1. The van der Waals surface area contributed by atoms with Crippen molar-refractivity contribution in [3.8, 4) is 0 Å². The van der Waals surface area contributed by atoms with Crippen LogP contribution in [0.1, 0.15) is 5.56 Å². The molecule has 1 fully saturated rings. The third-order valence-corrected chi connectivity index (χ3v) is 5.40. The van der Waals surface area contributed by atoms with E-state index in [0.717, 1.165) is 10.4 Å². The number of alkyl halides is 3. The Labute approximate surface area is 124 Å². The van der Waals surface area contributed by atoms with Gasteiger partial charge in [-0.3, -0.25) is 0 Å². The molecule has 9 heteroatoms. The summed E-state index contributed by atoms with van der Waals surface area (Å²) in [5.41, 5.74) is -0.709. The third kappa shape index (κ3) is 3.08. The molecule has 0 unspecified atom stereocenters. The van der Waals surface area contributed by atoms with E-state index in [1.165, 1.54) is 0 Å². The fraction of sp³-hybridized carbons (Fsp3) is 0.333. The average Bonchev–Trinajstić information content (AvgIpc) is 2.69. The number of β-amino-alcohol motifs (C(OH)–C–C–N with tert-alkyl or cyclic N) is 1. The Morgan fingerprint density at radius 3 is 2.43 bits per heavy atom. The van der Waals surface area contributed by atoms with Crippen LogP contribution in [0.25, 0.3) is 0 Å². The van der Waals surface area contributed by atoms with E-state index in [4.69, 9.17) is 11.6 Å². The van der Waals surface area contributed by atoms with Crippen LogP contribution in [0.4, 0.5) is 13.2 Å². The van der Waals surface area contributed by atoms with Gasteiger partial charge in [0.2, 0.25) is 10.0 Å². The number of benzene rings is 1. The van der Waals surface area contributed by atoms with Crippen molar-refractivity contribution in [1.82, 2.24) is 4.31 Å². The van der Waals surface area contributed by atoms with Crippen LogP contribution in [-0.2, 0) is 16.2 Å². The first kappa shape index (κ1) is 16.3. The topological polar surface area (TPSA) is 57.6 Å². The second kappa shape index (κ2) is 5.28. The first-order chi connectivity index (χ1) is 9.53. The Kier molecular flexibility index (Phi) is 4.09. The monoisotopic (exact) mass is 341 g/mol. The van der Waals surface area contributed by atoms with Gasteiger partial charge in [0, 0.05) is 13.1 Å². The normalized spacial score (nSPS) is 21.0. The largest absolute Gasteiger partial charge is 0.416 e. The summed E-state index contributed by atoms with van der Waals surface area (Å²) in [4.78, 5) is -0.431. The van der Waals surface area contributed by atoms with Crippen LogP contribution >= 0.6 is 11.6 Å². The summed E-state index contributed by atoms with van der Waals surface area (Å²) in [6, 6.07) is 2.03. The van der Waals surface area contributed by atoms with Crippen LogP contribution in [0, 0.1) is 0 Å². The maximum absolute atomic E-state index is 12.5. The highest BCUT2D eigenvalue weighted by molar-refractivity contribution is 7.89. The van der Waals surface area contributed by atoms with E-state index < -0.39 is 37.8 Å². The highest BCUT2D eigenvalue weighted by Crippen LogP contribution is 2.35. The molecule has 1 N–H and O–H groups in total. The lowest BCUT2D eigenvalue weighted by Gasteiger charge is -2.17. The molecule has 116 valence electrons. The lowest BCUT2D eigenvalue weighted by molar-refractivity contribution is -0.137. The molecule has 1 heterocycles. The third-order valence-electron chi connectivity index (χ3n) is 3.10. The zero-order valence-electron chi connectivity index (χ0n) is 10.6. The number of aliphatic hydroxyl groups is 1. The zero-order chi connectivity index (χ0) is 16.0. The van der Waals surface area contributed by atoms with Crippen molar-refractivity contribution in [2.75, 3.05) is 13.1 Å². The van der Waals surface area contributed by atoms with E-state index in [0.29, 0.717) is 17.7 Å². The van der Waals surface area contributed by atoms with E-state index in [1.54, 1.807) is 0 Å². The summed E-state index contributed by atoms with van der Waals surface area (Å²) in [7, 11) is -4.08. The molecule has 0 spiro atoms. The van der Waals surface area contributed by atoms with Gasteiger partial charge in [-0.05, 0) is 23.8 Å². The highest BCUT2D eigenvalue weighted by atomic mass is 35.5. The van der Waals surface area contributed by atoms with E-state index >= 15 is 0 Å². The minimum atomic E-state index is -4.61. The number of hydrogen-bond donors (Lipinski definition) is 1. The van der Waals surface area contributed by atoms with Crippen molar-refractivity contribution >= 4 is 21.6 Å². The first-order valence-electron chi connectivity index (χ1n) is 5.76. The second-order valence-electron chi connectivity index (χ2n) is 4.61. The highest BCUT2D eigenvalue weighted by Gasteiger charge is 2.36. The van der Waals surface area contributed by atoms with Gasteiger partial charge in [0.25, 0.3) is 0 Å². The van der Waals surface area contributed by atoms with Crippen molar-refractivity contribution in [1.29, 1.82) is 0 Å². The van der Waals surface area contributed by atoms with Crippen molar-refractivity contribution < 1.29 is 26.7 Å². The Morgan fingerprint density at radius 1 is 1.38 bits per heavy atom. The summed E-state index contributed by atoms with van der Waals surface area (Å²) in [5.74, 6) is 0. The van der Waals surface area contributed by atoms with Gasteiger partial charge in [-0.2, -0.15) is 17.5 Å². The molecule has 1 atom stereocenters. The molecule has 0 saturated carbocycles. The molecular weight excluding hydrogens is 331 g/mol. The van der Waals surface area contributed by atoms with Gasteiger partial charge in [0.15, 0.2) is 0 Å². The average molecular weight is 342 g/mol. The molecule has 0 aliphatic carbocycles. The van der Waals surface area contributed by atoms with Gasteiger partial charge in [0.1, 0.15) is 4.90 Å². The molecule has 1 aromatic rings. The maximum atomic E-state index is 12.5. The predicted molar refractivity (Wildman–Crippen MR) is 70.4 cm³/mol. The van der Waals surface area contributed by atoms with Crippen molar-refractivity contribution in [2.24, 2.45) is 0 Å². The summed E-state index contributed by atoms with van der Waals surface area (Å²) in [5, 5.41) is 8.99. The number of aliphatic hydroxyl groups excluding tert-OH is 1. The van der Waals surface area contributed by atoms with E-state index in [-0.39, 0.29) is 13.1 Å². The molecule has 2 rings (SSSR count). The van der Waals surface area contributed by atoms with Crippen LogP contribution in [-0.4, -0.2) is 37.0 Å². The zero-order valence-corrected chi connectivity index (χ0v) is 12.1. The quantitative estimate of drug-likeness (QED) is 0.840. The van der Waals surface area contributed by atoms with Crippen molar-refractivity contribution in [3.63, 3.8) is 0 Å². The molecule has 1 saturated heterocycles. The SMILES string of the molecule is C=C1CN(S(=O)(=O)c2ccc(C(F)(F)F)cc2Cl)C[C@H]1O. The van der Waals surface area contributed by atoms with Crippen LogP contribution in [0.5, 0.6) is 0 Å². The van der Waals surface area contributed by atoms with Gasteiger partial charge in [-0.25, -0.2) is 8.42 Å². The maximum Gasteiger partial charge on any atom is 0.416 e. The lowest BCUT2D eigenvalue weighted by atomic mass is 10.2. The number of sulfonamides is 1. The molecule has 0 amide bonds. The van der Waals surface area contributed by atoms with E-state index in [2.05, 4.69) is 6.58 Å². The minimum absolute atomic E-state index is 0.0964. The first-order valence-corrected chi connectivity index (χ1v) is 7.58. The Morgan fingerprint density at radius 2 is 2.00 bits per heavy atom. The van der Waals surface area contributed by atoms with Crippen LogP contribution in [0.15, 0.2) is 35.2 Å². The molecule has 0 bridgehead atoms. The Balaban J connectivity index is 2.40. The summed E-state index contributed by atoms with van der Waals surface area (Å²) >= 11 is 5.68. The molecular formula is C12H11ClF3NO3S. The van der Waals surface area contributed by atoms with Gasteiger partial charge in [-0.15, -0.1) is 0 Å². The smallest absolute Gasteiger partial charge is 0.387 e. The van der Waals surface area contributed by atoms with E-state index in [9.17, 15) is 26.7 Å². The number of nitrogens with zero attached hydrogens (tertiary/aromatic N) is 1. The molecule has 4 nitrogen and oxygen atoms in total. The molecule has 1 aromatic carbocycles. The Hall–Kier alpha value is -1.09. The molecule has 21 heavy (non-hydrogen) atoms. The van der Waals surface area contributed by atoms with Crippen molar-refractivity contribution in [3.05, 3.63) is 40.9 Å². The van der Waals surface area contributed by atoms with Gasteiger partial charge in [-0.1, -0.05) is 18.2 Å². The van der Waals surface area contributed by atoms with Crippen LogP contribution < -0.4 is 0 Å².